The van der Waals surface area contributed by atoms with Gasteiger partial charge in [-0.3, -0.25) is 4.79 Å². The minimum absolute atomic E-state index is 0.175. The van der Waals surface area contributed by atoms with E-state index < -0.39 is 0 Å². The first-order chi connectivity index (χ1) is 8.72. The number of hydrogen-bond acceptors (Lipinski definition) is 1. The first-order valence-electron chi connectivity index (χ1n) is 5.92. The lowest BCUT2D eigenvalue weighted by atomic mass is 9.88. The fourth-order valence-corrected chi connectivity index (χ4v) is 2.37. The second-order valence-corrected chi connectivity index (χ2v) is 4.92. The summed E-state index contributed by atoms with van der Waals surface area (Å²) in [5.74, 6) is 0.0104. The minimum Gasteiger partial charge on any atom is -0.298 e. The molecule has 0 heterocycles. The summed E-state index contributed by atoms with van der Waals surface area (Å²) in [5, 5.41) is 0.375. The van der Waals surface area contributed by atoms with E-state index in [9.17, 15) is 4.79 Å². The van der Waals surface area contributed by atoms with Crippen LogP contribution in [0.15, 0.2) is 54.6 Å². The van der Waals surface area contributed by atoms with E-state index in [-0.39, 0.29) is 11.7 Å². The Morgan fingerprint density at radius 2 is 1.56 bits per heavy atom. The number of aryl methyl sites for hydroxylation is 1. The quantitative estimate of drug-likeness (QED) is 0.778. The van der Waals surface area contributed by atoms with Crippen molar-refractivity contribution in [3.05, 3.63) is 71.3 Å². The maximum Gasteiger partial charge on any atom is 0.155 e. The smallest absolute Gasteiger partial charge is 0.155 e. The number of benzene rings is 2. The van der Waals surface area contributed by atoms with Gasteiger partial charge in [0.15, 0.2) is 5.78 Å². The Hall–Kier alpha value is -1.41. The molecule has 1 atom stereocenters. The zero-order valence-corrected chi connectivity index (χ0v) is 11.9. The van der Waals surface area contributed by atoms with Gasteiger partial charge in [0.25, 0.3) is 0 Å². The van der Waals surface area contributed by atoms with E-state index in [0.29, 0.717) is 5.33 Å². The van der Waals surface area contributed by atoms with Gasteiger partial charge in [-0.25, -0.2) is 0 Å². The van der Waals surface area contributed by atoms with Crippen molar-refractivity contribution in [2.75, 3.05) is 5.33 Å². The monoisotopic (exact) mass is 302 g/mol. The summed E-state index contributed by atoms with van der Waals surface area (Å²) in [6.45, 7) is 2.05. The van der Waals surface area contributed by atoms with Gasteiger partial charge in [0.1, 0.15) is 0 Å². The third-order valence-corrected chi connectivity index (χ3v) is 3.55. The number of Topliss-reactive ketones (excluding diaryl/α,β-unsaturated/α-hetero) is 1. The molecule has 0 aliphatic carbocycles. The Bertz CT molecular complexity index is 517. The normalized spacial score (nSPS) is 12.1. The highest BCUT2D eigenvalue weighted by molar-refractivity contribution is 9.09. The lowest BCUT2D eigenvalue weighted by Crippen LogP contribution is -2.15. The van der Waals surface area contributed by atoms with Crippen molar-refractivity contribution in [1.29, 1.82) is 0 Å². The molecular weight excluding hydrogens is 288 g/mol. The second-order valence-electron chi connectivity index (χ2n) is 4.35. The molecule has 0 aromatic heterocycles. The topological polar surface area (TPSA) is 17.1 Å². The molecule has 2 rings (SSSR count). The third-order valence-electron chi connectivity index (χ3n) is 3.00. The Kier molecular flexibility index (Phi) is 4.32. The minimum atomic E-state index is -0.175. The van der Waals surface area contributed by atoms with Gasteiger partial charge < -0.3 is 0 Å². The van der Waals surface area contributed by atoms with Gasteiger partial charge in [-0.2, -0.15) is 0 Å². The third kappa shape index (κ3) is 2.88. The standard InChI is InChI=1S/C16H15BrO/c1-12-7-9-14(10-8-12)16(15(18)11-17)13-5-3-2-4-6-13/h2-10,16H,11H2,1H3. The van der Waals surface area contributed by atoms with E-state index in [1.165, 1.54) is 5.56 Å². The van der Waals surface area contributed by atoms with Crippen LogP contribution < -0.4 is 0 Å². The van der Waals surface area contributed by atoms with Crippen LogP contribution in [0.25, 0.3) is 0 Å². The van der Waals surface area contributed by atoms with Crippen molar-refractivity contribution in [2.45, 2.75) is 12.8 Å². The molecule has 2 heteroatoms. The predicted molar refractivity (Wildman–Crippen MR) is 78.3 cm³/mol. The molecule has 18 heavy (non-hydrogen) atoms. The van der Waals surface area contributed by atoms with Gasteiger partial charge in [-0.05, 0) is 18.1 Å². The van der Waals surface area contributed by atoms with Gasteiger partial charge in [-0.1, -0.05) is 76.1 Å². The highest BCUT2D eigenvalue weighted by Crippen LogP contribution is 2.26. The van der Waals surface area contributed by atoms with Gasteiger partial charge in [0.05, 0.1) is 11.2 Å². The molecule has 0 bridgehead atoms. The lowest BCUT2D eigenvalue weighted by Gasteiger charge is -2.16. The van der Waals surface area contributed by atoms with Gasteiger partial charge in [0.2, 0.25) is 0 Å². The summed E-state index contributed by atoms with van der Waals surface area (Å²) < 4.78 is 0. The van der Waals surface area contributed by atoms with E-state index in [1.807, 2.05) is 61.5 Å². The average Bonchev–Trinajstić information content (AvgIpc) is 2.42. The summed E-state index contributed by atoms with van der Waals surface area (Å²) in [5.41, 5.74) is 3.30. The zero-order chi connectivity index (χ0) is 13.0. The predicted octanol–water partition coefficient (Wildman–Crippen LogP) is 4.09. The van der Waals surface area contributed by atoms with Crippen molar-refractivity contribution in [3.63, 3.8) is 0 Å². The lowest BCUT2D eigenvalue weighted by molar-refractivity contribution is -0.117. The summed E-state index contributed by atoms with van der Waals surface area (Å²) in [7, 11) is 0. The van der Waals surface area contributed by atoms with Crippen LogP contribution in [0.4, 0.5) is 0 Å². The second kappa shape index (κ2) is 5.96. The molecule has 0 amide bonds. The molecule has 0 aliphatic rings. The summed E-state index contributed by atoms with van der Waals surface area (Å²) >= 11 is 3.27. The van der Waals surface area contributed by atoms with Crippen molar-refractivity contribution >= 4 is 21.7 Å². The van der Waals surface area contributed by atoms with Gasteiger partial charge in [-0.15, -0.1) is 0 Å². The molecule has 0 aliphatic heterocycles. The van der Waals surface area contributed by atoms with Crippen LogP contribution in [0.2, 0.25) is 0 Å². The van der Waals surface area contributed by atoms with Crippen LogP contribution >= 0.6 is 15.9 Å². The number of ketones is 1. The highest BCUT2D eigenvalue weighted by atomic mass is 79.9. The molecule has 0 radical (unpaired) electrons. The maximum absolute atomic E-state index is 12.2. The number of carbonyl (C=O) groups excluding carboxylic acids is 1. The molecule has 1 unspecified atom stereocenters. The first kappa shape index (κ1) is 13.0. The SMILES string of the molecule is Cc1ccc(C(C(=O)CBr)c2ccccc2)cc1. The molecule has 92 valence electrons. The van der Waals surface area contributed by atoms with Crippen LogP contribution in [0.5, 0.6) is 0 Å². The molecule has 2 aromatic rings. The van der Waals surface area contributed by atoms with Gasteiger partial charge >= 0.3 is 0 Å². The Morgan fingerprint density at radius 1 is 1.00 bits per heavy atom. The van der Waals surface area contributed by atoms with E-state index in [0.717, 1.165) is 11.1 Å². The van der Waals surface area contributed by atoms with E-state index in [1.54, 1.807) is 0 Å². The Labute approximate surface area is 116 Å². The molecule has 0 saturated heterocycles. The molecule has 0 N–H and O–H groups in total. The molecular formula is C16H15BrO. The highest BCUT2D eigenvalue weighted by Gasteiger charge is 2.21. The molecule has 0 fully saturated rings. The van der Waals surface area contributed by atoms with Crippen LogP contribution in [0.3, 0.4) is 0 Å². The molecule has 0 saturated carbocycles. The largest absolute Gasteiger partial charge is 0.298 e. The number of halogens is 1. The number of hydrogen-bond donors (Lipinski definition) is 0. The van der Waals surface area contributed by atoms with Crippen molar-refractivity contribution in [2.24, 2.45) is 0 Å². The van der Waals surface area contributed by atoms with Crippen LogP contribution in [0, 0.1) is 6.92 Å². The van der Waals surface area contributed by atoms with Gasteiger partial charge in [0, 0.05) is 0 Å². The molecule has 2 aromatic carbocycles. The first-order valence-corrected chi connectivity index (χ1v) is 7.04. The Balaban J connectivity index is 2.43. The molecule has 0 spiro atoms. The summed E-state index contributed by atoms with van der Waals surface area (Å²) in [6.07, 6.45) is 0. The van der Waals surface area contributed by atoms with Crippen molar-refractivity contribution < 1.29 is 4.79 Å². The van der Waals surface area contributed by atoms with E-state index in [4.69, 9.17) is 0 Å². The van der Waals surface area contributed by atoms with Crippen molar-refractivity contribution in [3.8, 4) is 0 Å². The van der Waals surface area contributed by atoms with Crippen LogP contribution in [-0.4, -0.2) is 11.1 Å². The fraction of sp³-hybridized carbons (Fsp3) is 0.188. The van der Waals surface area contributed by atoms with Crippen LogP contribution in [0.1, 0.15) is 22.6 Å². The molecule has 1 nitrogen and oxygen atoms in total. The zero-order valence-electron chi connectivity index (χ0n) is 10.3. The fourth-order valence-electron chi connectivity index (χ4n) is 2.05. The number of alkyl halides is 1. The Morgan fingerprint density at radius 3 is 2.11 bits per heavy atom. The van der Waals surface area contributed by atoms with Crippen LogP contribution in [-0.2, 0) is 4.79 Å². The summed E-state index contributed by atoms with van der Waals surface area (Å²) in [6, 6.07) is 18.1. The maximum atomic E-state index is 12.2. The van der Waals surface area contributed by atoms with Crippen molar-refractivity contribution in [1.82, 2.24) is 0 Å². The summed E-state index contributed by atoms with van der Waals surface area (Å²) in [4.78, 5) is 12.2. The average molecular weight is 303 g/mol. The number of carbonyl (C=O) groups is 1. The van der Waals surface area contributed by atoms with E-state index >= 15 is 0 Å². The van der Waals surface area contributed by atoms with E-state index in [2.05, 4.69) is 15.9 Å². The number of rotatable bonds is 4.